The first-order valence-electron chi connectivity index (χ1n) is 12.6. The molecule has 1 aliphatic heterocycles. The molecule has 1 aliphatic rings. The number of carboxylic acid groups (broad SMARTS) is 1. The van der Waals surface area contributed by atoms with Crippen LogP contribution in [0.25, 0.3) is 5.69 Å². The Labute approximate surface area is 238 Å². The number of carboxylic acids is 1. The maximum absolute atomic E-state index is 11.8. The second kappa shape index (κ2) is 10.4. The summed E-state index contributed by atoms with van der Waals surface area (Å²) in [6, 6.07) is 19.6. The second-order valence-corrected chi connectivity index (χ2v) is 12.0. The molecule has 2 unspecified atom stereocenters. The summed E-state index contributed by atoms with van der Waals surface area (Å²) < 4.78 is 28.3. The zero-order valence-corrected chi connectivity index (χ0v) is 24.0. The van der Waals surface area contributed by atoms with E-state index in [4.69, 9.17) is 12.2 Å². The lowest BCUT2D eigenvalue weighted by Gasteiger charge is -2.29. The predicted octanol–water partition coefficient (Wildman–Crippen LogP) is 5.04. The summed E-state index contributed by atoms with van der Waals surface area (Å²) in [6.07, 6.45) is 2.87. The molecule has 2 aromatic carbocycles. The summed E-state index contributed by atoms with van der Waals surface area (Å²) in [5.41, 5.74) is 6.71. The highest BCUT2D eigenvalue weighted by Crippen LogP contribution is 2.44. The van der Waals surface area contributed by atoms with Crippen LogP contribution in [0.15, 0.2) is 72.9 Å². The highest BCUT2D eigenvalue weighted by atomic mass is 32.2. The molecule has 40 heavy (non-hydrogen) atoms. The molecule has 5 rings (SSSR count). The average molecular weight is 576 g/mol. The Morgan fingerprint density at radius 2 is 1.80 bits per heavy atom. The standard InChI is InChI=1S/C29H29N5O4S2/c1-17-14-22(11-12-24(17)32-40(4,37)38)34-27(26(31-29(34)39)25-10-5-6-13-30-25)23-15-18(2)33(19(23)3)21-9-7-8-20(16-21)28(35)36/h5-16,26-27,32H,1-4H3,(H,31,39)(H,35,36). The summed E-state index contributed by atoms with van der Waals surface area (Å²) in [5.74, 6) is -0.986. The largest absolute Gasteiger partial charge is 0.478 e. The molecule has 0 bridgehead atoms. The van der Waals surface area contributed by atoms with Gasteiger partial charge in [-0.1, -0.05) is 12.1 Å². The second-order valence-electron chi connectivity index (χ2n) is 9.89. The smallest absolute Gasteiger partial charge is 0.335 e. The van der Waals surface area contributed by atoms with Gasteiger partial charge in [0.1, 0.15) is 0 Å². The van der Waals surface area contributed by atoms with Gasteiger partial charge in [0.05, 0.1) is 35.3 Å². The lowest BCUT2D eigenvalue weighted by Crippen LogP contribution is -2.29. The molecule has 11 heteroatoms. The Balaban J connectivity index is 1.65. The number of aromatic nitrogens is 2. The molecule has 0 amide bonds. The fourth-order valence-electron chi connectivity index (χ4n) is 5.32. The van der Waals surface area contributed by atoms with Crippen molar-refractivity contribution in [3.63, 3.8) is 0 Å². The molecule has 9 nitrogen and oxygen atoms in total. The van der Waals surface area contributed by atoms with Gasteiger partial charge in [-0.15, -0.1) is 0 Å². The van der Waals surface area contributed by atoms with Crippen LogP contribution < -0.4 is 14.9 Å². The van der Waals surface area contributed by atoms with Gasteiger partial charge in [-0.2, -0.15) is 0 Å². The maximum Gasteiger partial charge on any atom is 0.335 e. The van der Waals surface area contributed by atoms with E-state index in [1.807, 2.05) is 66.6 Å². The molecule has 0 radical (unpaired) electrons. The highest BCUT2D eigenvalue weighted by molar-refractivity contribution is 7.92. The number of benzene rings is 2. The van der Waals surface area contributed by atoms with E-state index in [1.54, 1.807) is 30.5 Å². The van der Waals surface area contributed by atoms with E-state index < -0.39 is 16.0 Å². The minimum absolute atomic E-state index is 0.210. The number of nitrogens with one attached hydrogen (secondary N) is 2. The summed E-state index contributed by atoms with van der Waals surface area (Å²) >= 11 is 5.87. The first-order valence-corrected chi connectivity index (χ1v) is 14.9. The van der Waals surface area contributed by atoms with E-state index in [1.165, 1.54) is 0 Å². The fourth-order valence-corrected chi connectivity index (χ4v) is 6.30. The molecule has 2 aromatic heterocycles. The van der Waals surface area contributed by atoms with Gasteiger partial charge in [-0.3, -0.25) is 9.71 Å². The van der Waals surface area contributed by atoms with E-state index >= 15 is 0 Å². The normalized spacial score (nSPS) is 17.1. The van der Waals surface area contributed by atoms with Crippen LogP contribution in [0.3, 0.4) is 0 Å². The fraction of sp³-hybridized carbons (Fsp3) is 0.207. The minimum Gasteiger partial charge on any atom is -0.478 e. The molecule has 0 spiro atoms. The number of nitrogens with zero attached hydrogens (tertiary/aromatic N) is 3. The van der Waals surface area contributed by atoms with E-state index in [0.29, 0.717) is 10.8 Å². The third-order valence-electron chi connectivity index (χ3n) is 7.02. The number of rotatable bonds is 7. The summed E-state index contributed by atoms with van der Waals surface area (Å²) in [7, 11) is -3.43. The number of thiocarbonyl (C=S) groups is 1. The van der Waals surface area contributed by atoms with Crippen LogP contribution in [0, 0.1) is 20.8 Å². The predicted molar refractivity (Wildman–Crippen MR) is 160 cm³/mol. The van der Waals surface area contributed by atoms with Crippen molar-refractivity contribution >= 4 is 44.7 Å². The highest BCUT2D eigenvalue weighted by Gasteiger charge is 2.42. The third kappa shape index (κ3) is 5.17. The number of pyridine rings is 1. The first kappa shape index (κ1) is 27.4. The molecule has 3 N–H and O–H groups in total. The van der Waals surface area contributed by atoms with Crippen molar-refractivity contribution in [2.45, 2.75) is 32.9 Å². The zero-order chi connectivity index (χ0) is 28.8. The lowest BCUT2D eigenvalue weighted by atomic mass is 9.96. The summed E-state index contributed by atoms with van der Waals surface area (Å²) in [5, 5.41) is 13.5. The van der Waals surface area contributed by atoms with Crippen molar-refractivity contribution in [1.82, 2.24) is 14.9 Å². The molecule has 206 valence electrons. The Morgan fingerprint density at radius 1 is 1.02 bits per heavy atom. The number of hydrogen-bond donors (Lipinski definition) is 3. The van der Waals surface area contributed by atoms with E-state index in [-0.39, 0.29) is 17.6 Å². The van der Waals surface area contributed by atoms with Crippen LogP contribution in [0.5, 0.6) is 0 Å². The van der Waals surface area contributed by atoms with Crippen molar-refractivity contribution < 1.29 is 18.3 Å². The van der Waals surface area contributed by atoms with Crippen molar-refractivity contribution in [3.8, 4) is 5.69 Å². The molecule has 2 atom stereocenters. The van der Waals surface area contributed by atoms with Gasteiger partial charge in [0, 0.05) is 29.0 Å². The molecule has 0 aliphatic carbocycles. The van der Waals surface area contributed by atoms with Crippen LogP contribution in [0.1, 0.15) is 50.7 Å². The third-order valence-corrected chi connectivity index (χ3v) is 7.93. The Hall–Kier alpha value is -4.22. The zero-order valence-electron chi connectivity index (χ0n) is 22.4. The lowest BCUT2D eigenvalue weighted by molar-refractivity contribution is 0.0697. The molecule has 3 heterocycles. The van der Waals surface area contributed by atoms with Crippen LogP contribution in [-0.2, 0) is 10.0 Å². The summed E-state index contributed by atoms with van der Waals surface area (Å²) in [4.78, 5) is 18.3. The first-order chi connectivity index (χ1) is 18.9. The van der Waals surface area contributed by atoms with Gasteiger partial charge < -0.3 is 19.9 Å². The van der Waals surface area contributed by atoms with Crippen molar-refractivity contribution in [2.75, 3.05) is 15.9 Å². The van der Waals surface area contributed by atoms with Gasteiger partial charge in [0.15, 0.2) is 5.11 Å². The van der Waals surface area contributed by atoms with E-state index in [9.17, 15) is 18.3 Å². The minimum atomic E-state index is -3.43. The number of carbonyl (C=O) groups is 1. The van der Waals surface area contributed by atoms with Gasteiger partial charge >= 0.3 is 5.97 Å². The van der Waals surface area contributed by atoms with Gasteiger partial charge in [-0.05, 0) is 98.7 Å². The Kier molecular flexibility index (Phi) is 7.11. The number of aromatic carboxylic acids is 1. The molecule has 0 saturated carbocycles. The van der Waals surface area contributed by atoms with Gasteiger partial charge in [-0.25, -0.2) is 13.2 Å². The number of anilines is 2. The van der Waals surface area contributed by atoms with Crippen LogP contribution in [0.4, 0.5) is 11.4 Å². The number of aryl methyl sites for hydroxylation is 2. The van der Waals surface area contributed by atoms with Gasteiger partial charge in [0.2, 0.25) is 10.0 Å². The van der Waals surface area contributed by atoms with Crippen molar-refractivity contribution in [3.05, 3.63) is 107 Å². The maximum atomic E-state index is 11.8. The number of sulfonamides is 1. The van der Waals surface area contributed by atoms with E-state index in [0.717, 1.165) is 45.8 Å². The monoisotopic (exact) mass is 575 g/mol. The quantitative estimate of drug-likeness (QED) is 0.262. The van der Waals surface area contributed by atoms with E-state index in [2.05, 4.69) is 21.1 Å². The van der Waals surface area contributed by atoms with Crippen molar-refractivity contribution in [2.24, 2.45) is 0 Å². The van der Waals surface area contributed by atoms with Crippen molar-refractivity contribution in [1.29, 1.82) is 0 Å². The number of hydrogen-bond acceptors (Lipinski definition) is 5. The Morgan fingerprint density at radius 3 is 2.45 bits per heavy atom. The molecular weight excluding hydrogens is 546 g/mol. The Bertz CT molecular complexity index is 1730. The topological polar surface area (TPSA) is 117 Å². The SMILES string of the molecule is Cc1cc(N2C(=S)NC(c3ccccn3)C2c2cc(C)n(-c3cccc(C(=O)O)c3)c2C)ccc1NS(C)(=O)=O. The molecule has 1 fully saturated rings. The molecule has 1 saturated heterocycles. The molecular formula is C29H29N5O4S2. The average Bonchev–Trinajstić information content (AvgIpc) is 3.40. The summed E-state index contributed by atoms with van der Waals surface area (Å²) in [6.45, 7) is 5.84. The molecule has 4 aromatic rings. The van der Waals surface area contributed by atoms with Crippen LogP contribution in [-0.4, -0.2) is 40.4 Å². The van der Waals surface area contributed by atoms with Crippen LogP contribution in [0.2, 0.25) is 0 Å². The van der Waals surface area contributed by atoms with Crippen LogP contribution >= 0.6 is 12.2 Å². The van der Waals surface area contributed by atoms with Gasteiger partial charge in [0.25, 0.3) is 0 Å².